The van der Waals surface area contributed by atoms with Gasteiger partial charge in [-0.15, -0.1) is 0 Å². The fraction of sp³-hybridized carbons (Fsp3) is 0.267. The van der Waals surface area contributed by atoms with Gasteiger partial charge in [0.15, 0.2) is 5.82 Å². The topological polar surface area (TPSA) is 112 Å². The molecule has 0 spiro atoms. The van der Waals surface area contributed by atoms with E-state index in [1.54, 1.807) is 18.2 Å². The first kappa shape index (κ1) is 27.7. The van der Waals surface area contributed by atoms with Gasteiger partial charge in [-0.2, -0.15) is 0 Å². The largest absolute Gasteiger partial charge is 0.455 e. The number of aromatic nitrogens is 2. The summed E-state index contributed by atoms with van der Waals surface area (Å²) in [7, 11) is -0.668. The van der Waals surface area contributed by atoms with Crippen LogP contribution in [-0.2, 0) is 10.0 Å². The van der Waals surface area contributed by atoms with Gasteiger partial charge in [0.1, 0.15) is 22.7 Å². The third-order valence-electron chi connectivity index (χ3n) is 7.85. The molecule has 2 aromatic heterocycles. The molecular formula is C30H29F2N5O4S. The molecule has 1 aliphatic rings. The van der Waals surface area contributed by atoms with Crippen molar-refractivity contribution in [1.82, 2.24) is 15.3 Å². The number of amides is 1. The number of piperidine rings is 1. The van der Waals surface area contributed by atoms with E-state index in [9.17, 15) is 22.0 Å². The lowest BCUT2D eigenvalue weighted by Crippen LogP contribution is -2.36. The van der Waals surface area contributed by atoms with Crippen LogP contribution in [0.1, 0.15) is 34.7 Å². The van der Waals surface area contributed by atoms with Gasteiger partial charge in [-0.3, -0.25) is 9.10 Å². The van der Waals surface area contributed by atoms with Crippen LogP contribution in [0.2, 0.25) is 0 Å². The van der Waals surface area contributed by atoms with Crippen LogP contribution in [0, 0.1) is 11.6 Å². The molecule has 0 unspecified atom stereocenters. The summed E-state index contributed by atoms with van der Waals surface area (Å²) in [5, 5.41) is 3.17. The monoisotopic (exact) mass is 593 g/mol. The summed E-state index contributed by atoms with van der Waals surface area (Å²) in [5.74, 6) is -0.592. The second kappa shape index (κ2) is 10.4. The van der Waals surface area contributed by atoms with Crippen molar-refractivity contribution in [2.24, 2.45) is 0 Å². The number of furan rings is 1. The smallest absolute Gasteiger partial charge is 0.255 e. The lowest BCUT2D eigenvalue weighted by molar-refractivity contribution is 0.0964. The molecule has 1 saturated heterocycles. The maximum Gasteiger partial charge on any atom is 0.255 e. The third kappa shape index (κ3) is 4.85. The first-order valence-corrected chi connectivity index (χ1v) is 15.3. The number of H-pyrrole nitrogens is 1. The molecule has 218 valence electrons. The number of anilines is 2. The van der Waals surface area contributed by atoms with E-state index in [2.05, 4.69) is 15.3 Å². The van der Waals surface area contributed by atoms with Gasteiger partial charge in [0.25, 0.3) is 5.91 Å². The summed E-state index contributed by atoms with van der Waals surface area (Å²) in [6.07, 6.45) is 2.65. The van der Waals surface area contributed by atoms with E-state index in [1.165, 1.54) is 48.7 Å². The normalized spacial score (nSPS) is 15.8. The SMILES string of the molecule is CNC(=O)c1c(-c2ccc(F)cc2)oc2cc(N(C)S(C)(=O)=O)c([C@H]3CCCN(c4nc5c(F)cccc5[nH]4)C3)cc12. The predicted molar refractivity (Wildman–Crippen MR) is 158 cm³/mol. The number of benzene rings is 3. The highest BCUT2D eigenvalue weighted by atomic mass is 32.2. The number of carbonyl (C=O) groups is 1. The number of nitrogens with zero attached hydrogens (tertiary/aromatic N) is 3. The number of sulfonamides is 1. The van der Waals surface area contributed by atoms with Crippen molar-refractivity contribution < 1.29 is 26.4 Å². The molecule has 0 radical (unpaired) electrons. The summed E-state index contributed by atoms with van der Waals surface area (Å²) in [4.78, 5) is 22.9. The number of halogens is 2. The molecule has 2 N–H and O–H groups in total. The molecular weight excluding hydrogens is 564 g/mol. The Bertz CT molecular complexity index is 1930. The van der Waals surface area contributed by atoms with Crippen molar-refractivity contribution in [3.63, 3.8) is 0 Å². The van der Waals surface area contributed by atoms with Crippen molar-refractivity contribution in [3.8, 4) is 11.3 Å². The Morgan fingerprint density at radius 1 is 1.17 bits per heavy atom. The van der Waals surface area contributed by atoms with Crippen LogP contribution >= 0.6 is 0 Å². The molecule has 1 fully saturated rings. The van der Waals surface area contributed by atoms with E-state index in [-0.39, 0.29) is 22.8 Å². The van der Waals surface area contributed by atoms with Gasteiger partial charge in [0.2, 0.25) is 16.0 Å². The Morgan fingerprint density at radius 3 is 2.62 bits per heavy atom. The van der Waals surface area contributed by atoms with E-state index in [0.717, 1.165) is 24.7 Å². The number of hydrogen-bond donors (Lipinski definition) is 2. The molecule has 0 bridgehead atoms. The molecule has 3 aromatic carbocycles. The average molecular weight is 594 g/mol. The minimum absolute atomic E-state index is 0.151. The Labute approximate surface area is 241 Å². The Morgan fingerprint density at radius 2 is 1.93 bits per heavy atom. The van der Waals surface area contributed by atoms with Crippen LogP contribution < -0.4 is 14.5 Å². The van der Waals surface area contributed by atoms with E-state index in [4.69, 9.17) is 4.42 Å². The maximum atomic E-state index is 14.4. The Balaban J connectivity index is 1.50. The molecule has 0 aliphatic carbocycles. The van der Waals surface area contributed by atoms with Gasteiger partial charge in [0.05, 0.1) is 23.0 Å². The molecule has 9 nitrogen and oxygen atoms in total. The first-order valence-electron chi connectivity index (χ1n) is 13.5. The van der Waals surface area contributed by atoms with Gasteiger partial charge in [0, 0.05) is 50.1 Å². The maximum absolute atomic E-state index is 14.4. The van der Waals surface area contributed by atoms with Gasteiger partial charge in [-0.1, -0.05) is 6.07 Å². The Kier molecular flexibility index (Phi) is 6.88. The van der Waals surface area contributed by atoms with Gasteiger partial charge in [-0.05, 0) is 60.9 Å². The summed E-state index contributed by atoms with van der Waals surface area (Å²) in [5.41, 5.74) is 3.10. The highest BCUT2D eigenvalue weighted by Gasteiger charge is 2.31. The minimum atomic E-state index is -3.66. The number of fused-ring (bicyclic) bond motifs is 2. The van der Waals surface area contributed by atoms with Crippen molar-refractivity contribution in [3.05, 3.63) is 77.4 Å². The summed E-state index contributed by atoms with van der Waals surface area (Å²) in [6, 6.07) is 13.8. The fourth-order valence-corrected chi connectivity index (χ4v) is 6.15. The second-order valence-electron chi connectivity index (χ2n) is 10.5. The minimum Gasteiger partial charge on any atom is -0.455 e. The summed E-state index contributed by atoms with van der Waals surface area (Å²) in [6.45, 7) is 1.16. The van der Waals surface area contributed by atoms with Crippen molar-refractivity contribution in [2.45, 2.75) is 18.8 Å². The van der Waals surface area contributed by atoms with Crippen molar-refractivity contribution >= 4 is 49.6 Å². The summed E-state index contributed by atoms with van der Waals surface area (Å²) < 4.78 is 60.9. The third-order valence-corrected chi connectivity index (χ3v) is 9.04. The number of imidazole rings is 1. The molecule has 6 rings (SSSR count). The molecule has 0 saturated carbocycles. The van der Waals surface area contributed by atoms with E-state index >= 15 is 0 Å². The van der Waals surface area contributed by atoms with Crippen LogP contribution in [0.3, 0.4) is 0 Å². The molecule has 1 atom stereocenters. The molecule has 1 aliphatic heterocycles. The molecule has 3 heterocycles. The number of rotatable bonds is 6. The summed E-state index contributed by atoms with van der Waals surface area (Å²) >= 11 is 0. The van der Waals surface area contributed by atoms with Crippen LogP contribution in [0.25, 0.3) is 33.3 Å². The van der Waals surface area contributed by atoms with Crippen molar-refractivity contribution in [2.75, 3.05) is 42.6 Å². The number of para-hydroxylation sites is 1. The number of nitrogens with one attached hydrogen (secondary N) is 2. The quantitative estimate of drug-likeness (QED) is 0.273. The molecule has 1 amide bonds. The predicted octanol–water partition coefficient (Wildman–Crippen LogP) is 5.39. The van der Waals surface area contributed by atoms with Crippen LogP contribution in [0.5, 0.6) is 0 Å². The van der Waals surface area contributed by atoms with E-state index < -0.39 is 27.6 Å². The van der Waals surface area contributed by atoms with Gasteiger partial charge < -0.3 is 19.6 Å². The second-order valence-corrected chi connectivity index (χ2v) is 12.5. The highest BCUT2D eigenvalue weighted by molar-refractivity contribution is 7.92. The fourth-order valence-electron chi connectivity index (χ4n) is 5.64. The number of aromatic amines is 1. The average Bonchev–Trinajstić information content (AvgIpc) is 3.58. The zero-order chi connectivity index (χ0) is 29.8. The van der Waals surface area contributed by atoms with Crippen LogP contribution in [0.4, 0.5) is 20.4 Å². The zero-order valence-electron chi connectivity index (χ0n) is 23.2. The standard InChI is InChI=1S/C30H29F2N5O4S/c1-33-29(38)26-21-14-20(18-6-5-13-37(16-18)30-34-23-8-4-7-22(32)27(23)35-30)24(36(2)42(3,39)40)15-25(21)41-28(26)17-9-11-19(31)12-10-17/h4,7-12,14-15,18H,5-6,13,16H2,1-3H3,(H,33,38)(H,34,35)/t18-/m0/s1. The van der Waals surface area contributed by atoms with Gasteiger partial charge in [-0.25, -0.2) is 22.2 Å². The van der Waals surface area contributed by atoms with E-state index in [1.807, 2.05) is 11.0 Å². The lowest BCUT2D eigenvalue weighted by Gasteiger charge is -2.34. The first-order chi connectivity index (χ1) is 20.0. The number of carbonyl (C=O) groups excluding carboxylic acids is 1. The molecule has 12 heteroatoms. The highest BCUT2D eigenvalue weighted by Crippen LogP contribution is 2.42. The van der Waals surface area contributed by atoms with Gasteiger partial charge >= 0.3 is 0 Å². The molecule has 5 aromatic rings. The number of hydrogen-bond acceptors (Lipinski definition) is 6. The van der Waals surface area contributed by atoms with Crippen LogP contribution in [0.15, 0.2) is 59.0 Å². The zero-order valence-corrected chi connectivity index (χ0v) is 24.1. The Hall–Kier alpha value is -4.45. The lowest BCUT2D eigenvalue weighted by atomic mass is 9.88. The van der Waals surface area contributed by atoms with Crippen LogP contribution in [-0.4, -0.2) is 57.7 Å². The van der Waals surface area contributed by atoms with E-state index in [0.29, 0.717) is 46.8 Å². The van der Waals surface area contributed by atoms with Crippen molar-refractivity contribution in [1.29, 1.82) is 0 Å². The molecule has 42 heavy (non-hydrogen) atoms.